The number of benzene rings is 2. The normalized spacial score (nSPS) is 11.0. The molecule has 0 atom stereocenters. The highest BCUT2D eigenvalue weighted by molar-refractivity contribution is 6.02. The van der Waals surface area contributed by atoms with Crippen LogP contribution in [-0.2, 0) is 11.4 Å². The molecule has 1 amide bonds. The number of aromatic amines is 1. The van der Waals surface area contributed by atoms with Crippen molar-refractivity contribution in [1.82, 2.24) is 15.3 Å². The van der Waals surface area contributed by atoms with Crippen LogP contribution in [0.5, 0.6) is 11.5 Å². The van der Waals surface area contributed by atoms with E-state index in [-0.39, 0.29) is 11.7 Å². The van der Waals surface area contributed by atoms with Crippen molar-refractivity contribution in [2.45, 2.75) is 20.5 Å². The van der Waals surface area contributed by atoms with Crippen molar-refractivity contribution in [1.29, 1.82) is 0 Å². The fourth-order valence-corrected chi connectivity index (χ4v) is 3.22. The summed E-state index contributed by atoms with van der Waals surface area (Å²) in [6.45, 7) is 3.99. The minimum absolute atomic E-state index is 0.278. The van der Waals surface area contributed by atoms with Gasteiger partial charge >= 0.3 is 5.76 Å². The van der Waals surface area contributed by atoms with Gasteiger partial charge in [0.15, 0.2) is 17.3 Å². The van der Waals surface area contributed by atoms with Gasteiger partial charge in [0.05, 0.1) is 18.4 Å². The third kappa shape index (κ3) is 5.23. The number of anilines is 1. The number of methoxy groups -OCH3 is 1. The van der Waals surface area contributed by atoms with Crippen molar-refractivity contribution < 1.29 is 23.3 Å². The van der Waals surface area contributed by atoms with Crippen molar-refractivity contribution in [3.8, 4) is 22.9 Å². The van der Waals surface area contributed by atoms with E-state index in [9.17, 15) is 9.59 Å². The van der Waals surface area contributed by atoms with Gasteiger partial charge in [0, 0.05) is 17.3 Å². The second-order valence-electron chi connectivity index (χ2n) is 7.35. The van der Waals surface area contributed by atoms with E-state index in [0.29, 0.717) is 35.1 Å². The smallest absolute Gasteiger partial charge is 0.439 e. The third-order valence-electron chi connectivity index (χ3n) is 5.01. The fourth-order valence-electron chi connectivity index (χ4n) is 3.22. The first kappa shape index (κ1) is 22.6. The van der Waals surface area contributed by atoms with Crippen LogP contribution in [-0.4, -0.2) is 28.3 Å². The average Bonchev–Trinajstić information content (AvgIpc) is 3.41. The van der Waals surface area contributed by atoms with Crippen molar-refractivity contribution >= 4 is 17.7 Å². The van der Waals surface area contributed by atoms with E-state index in [0.717, 1.165) is 16.8 Å². The highest BCUT2D eigenvalue weighted by Crippen LogP contribution is 2.30. The monoisotopic (exact) mass is 462 g/mol. The van der Waals surface area contributed by atoms with Crippen LogP contribution in [0.25, 0.3) is 17.5 Å². The predicted octanol–water partition coefficient (Wildman–Crippen LogP) is 3.87. The van der Waals surface area contributed by atoms with E-state index >= 15 is 0 Å². The molecule has 2 N–H and O–H groups in total. The van der Waals surface area contributed by atoms with Gasteiger partial charge in [-0.1, -0.05) is 28.5 Å². The Morgan fingerprint density at radius 2 is 1.97 bits per heavy atom. The summed E-state index contributed by atoms with van der Waals surface area (Å²) in [5, 5.41) is 10.3. The zero-order valence-corrected chi connectivity index (χ0v) is 18.7. The van der Waals surface area contributed by atoms with Crippen LogP contribution in [0.1, 0.15) is 22.6 Å². The Bertz CT molecular complexity index is 1380. The molecule has 0 spiro atoms. The minimum Gasteiger partial charge on any atom is -0.493 e. The molecule has 34 heavy (non-hydrogen) atoms. The molecule has 10 nitrogen and oxygen atoms in total. The average molecular weight is 462 g/mol. The molecule has 4 aromatic rings. The Morgan fingerprint density at radius 1 is 1.12 bits per heavy atom. The summed E-state index contributed by atoms with van der Waals surface area (Å²) in [7, 11) is 1.55. The lowest BCUT2D eigenvalue weighted by Gasteiger charge is -2.11. The highest BCUT2D eigenvalue weighted by atomic mass is 16.5. The Hall–Kier alpha value is -4.60. The zero-order valence-electron chi connectivity index (χ0n) is 18.7. The number of hydrogen-bond acceptors (Lipinski definition) is 8. The number of carbonyl (C=O) groups excluding carboxylic acids is 1. The van der Waals surface area contributed by atoms with Crippen LogP contribution in [0.3, 0.4) is 0 Å². The van der Waals surface area contributed by atoms with Gasteiger partial charge in [0.1, 0.15) is 12.4 Å². The third-order valence-corrected chi connectivity index (χ3v) is 5.01. The fraction of sp³-hybridized carbons (Fsp3) is 0.167. The van der Waals surface area contributed by atoms with Crippen LogP contribution in [0.4, 0.5) is 5.69 Å². The molecule has 0 unspecified atom stereocenters. The number of amides is 1. The van der Waals surface area contributed by atoms with Crippen LogP contribution < -0.4 is 20.5 Å². The molecule has 10 heteroatoms. The lowest BCUT2D eigenvalue weighted by Crippen LogP contribution is -2.07. The molecule has 2 aromatic carbocycles. The molecule has 2 aromatic heterocycles. The molecule has 0 aliphatic rings. The van der Waals surface area contributed by atoms with E-state index in [1.54, 1.807) is 49.6 Å². The SMILES string of the molecule is COc1cc(/C=C/C(=O)Nc2cccc(-c3noc(=O)[nH]3)c2)ccc1OCc1c(C)noc1C. The Morgan fingerprint density at radius 3 is 2.68 bits per heavy atom. The van der Waals surface area contributed by atoms with Crippen molar-refractivity contribution in [3.63, 3.8) is 0 Å². The van der Waals surface area contributed by atoms with E-state index < -0.39 is 5.76 Å². The topological polar surface area (TPSA) is 132 Å². The number of nitrogens with one attached hydrogen (secondary N) is 2. The van der Waals surface area contributed by atoms with Gasteiger partial charge < -0.3 is 19.3 Å². The van der Waals surface area contributed by atoms with Crippen LogP contribution in [0.2, 0.25) is 0 Å². The number of carbonyl (C=O) groups is 1. The standard InChI is InChI=1S/C24H22N4O6/c1-14-19(15(2)33-27-14)13-32-20-9-7-16(11-21(20)31-3)8-10-22(29)25-18-6-4-5-17(12-18)23-26-24(30)34-28-23/h4-12H,13H2,1-3H3,(H,25,29)(H,26,28,30)/b10-8+. The van der Waals surface area contributed by atoms with Gasteiger partial charge in [-0.2, -0.15) is 0 Å². The number of hydrogen-bond donors (Lipinski definition) is 2. The van der Waals surface area contributed by atoms with Crippen molar-refractivity contribution in [3.05, 3.63) is 81.7 Å². The van der Waals surface area contributed by atoms with E-state index in [1.165, 1.54) is 6.08 Å². The number of H-pyrrole nitrogens is 1. The van der Waals surface area contributed by atoms with Crippen molar-refractivity contribution in [2.75, 3.05) is 12.4 Å². The van der Waals surface area contributed by atoms with Crippen LogP contribution >= 0.6 is 0 Å². The first-order valence-corrected chi connectivity index (χ1v) is 10.3. The lowest BCUT2D eigenvalue weighted by atomic mass is 10.1. The number of ether oxygens (including phenoxy) is 2. The molecule has 2 heterocycles. The van der Waals surface area contributed by atoms with Crippen LogP contribution in [0.15, 0.2) is 62.4 Å². The first-order chi connectivity index (χ1) is 16.4. The molecule has 0 saturated carbocycles. The summed E-state index contributed by atoms with van der Waals surface area (Å²) in [6.07, 6.45) is 3.07. The second kappa shape index (κ2) is 9.90. The zero-order chi connectivity index (χ0) is 24.1. The number of aryl methyl sites for hydroxylation is 2. The summed E-state index contributed by atoms with van der Waals surface area (Å²) in [4.78, 5) is 26.0. The maximum atomic E-state index is 12.4. The Kier molecular flexibility index (Phi) is 6.58. The summed E-state index contributed by atoms with van der Waals surface area (Å²) in [6, 6.07) is 12.2. The number of aromatic nitrogens is 3. The maximum Gasteiger partial charge on any atom is 0.439 e. The first-order valence-electron chi connectivity index (χ1n) is 10.3. The molecule has 0 fully saturated rings. The van der Waals surface area contributed by atoms with Gasteiger partial charge in [0.2, 0.25) is 5.91 Å². The second-order valence-corrected chi connectivity index (χ2v) is 7.35. The van der Waals surface area contributed by atoms with Crippen LogP contribution in [0, 0.1) is 13.8 Å². The quantitative estimate of drug-likeness (QED) is 0.377. The minimum atomic E-state index is -0.650. The molecule has 0 saturated heterocycles. The maximum absolute atomic E-state index is 12.4. The number of nitrogens with zero attached hydrogens (tertiary/aromatic N) is 2. The Labute approximate surface area is 194 Å². The lowest BCUT2D eigenvalue weighted by molar-refractivity contribution is -0.111. The predicted molar refractivity (Wildman–Crippen MR) is 124 cm³/mol. The summed E-state index contributed by atoms with van der Waals surface area (Å²) in [5.74, 6) is 1.10. The molecular formula is C24H22N4O6. The van der Waals surface area contributed by atoms with Gasteiger partial charge in [-0.15, -0.1) is 0 Å². The molecule has 0 aliphatic heterocycles. The summed E-state index contributed by atoms with van der Waals surface area (Å²) < 4.78 is 21.0. The molecule has 0 bridgehead atoms. The molecule has 4 rings (SSSR count). The van der Waals surface area contributed by atoms with E-state index in [2.05, 4.69) is 25.1 Å². The van der Waals surface area contributed by atoms with Gasteiger partial charge in [-0.25, -0.2) is 4.79 Å². The number of rotatable bonds is 8. The van der Waals surface area contributed by atoms with Gasteiger partial charge in [-0.3, -0.25) is 14.3 Å². The molecular weight excluding hydrogens is 440 g/mol. The largest absolute Gasteiger partial charge is 0.493 e. The summed E-state index contributed by atoms with van der Waals surface area (Å²) in [5.41, 5.74) is 3.57. The van der Waals surface area contributed by atoms with Gasteiger partial charge in [-0.05, 0) is 49.8 Å². The molecule has 0 aliphatic carbocycles. The van der Waals surface area contributed by atoms with E-state index in [4.69, 9.17) is 14.0 Å². The highest BCUT2D eigenvalue weighted by Gasteiger charge is 2.12. The molecule has 0 radical (unpaired) electrons. The molecule has 174 valence electrons. The van der Waals surface area contributed by atoms with E-state index in [1.807, 2.05) is 19.9 Å². The van der Waals surface area contributed by atoms with Crippen molar-refractivity contribution in [2.24, 2.45) is 0 Å². The Balaban J connectivity index is 1.41. The summed E-state index contributed by atoms with van der Waals surface area (Å²) >= 11 is 0. The van der Waals surface area contributed by atoms with Gasteiger partial charge in [0.25, 0.3) is 0 Å².